The van der Waals surface area contributed by atoms with Crippen molar-refractivity contribution in [3.8, 4) is 17.6 Å². The van der Waals surface area contributed by atoms with Gasteiger partial charge < -0.3 is 24.6 Å². The van der Waals surface area contributed by atoms with Crippen LogP contribution in [0.4, 0.5) is 20.7 Å². The number of nitriles is 1. The van der Waals surface area contributed by atoms with Gasteiger partial charge >= 0.3 is 6.03 Å². The van der Waals surface area contributed by atoms with Crippen molar-refractivity contribution >= 4 is 28.4 Å². The Kier molecular flexibility index (Phi) is 5.11. The highest BCUT2D eigenvalue weighted by molar-refractivity contribution is 5.89. The molecule has 1 saturated heterocycles. The number of hydrogen-bond acceptors (Lipinski definition) is 6. The Bertz CT molecular complexity index is 1240. The van der Waals surface area contributed by atoms with Crippen LogP contribution in [-0.2, 0) is 0 Å². The summed E-state index contributed by atoms with van der Waals surface area (Å²) in [5.74, 6) is 1.38. The summed E-state index contributed by atoms with van der Waals surface area (Å²) in [5, 5.41) is 13.2. The van der Waals surface area contributed by atoms with E-state index in [9.17, 15) is 14.4 Å². The maximum atomic E-state index is 13.9. The fraction of sp³-hybridized carbons (Fsp3) is 0.261. The van der Waals surface area contributed by atoms with E-state index in [-0.39, 0.29) is 18.5 Å². The van der Waals surface area contributed by atoms with Crippen molar-refractivity contribution in [2.45, 2.75) is 6.42 Å². The largest absolute Gasteiger partial charge is 0.454 e. The van der Waals surface area contributed by atoms with Crippen LogP contribution in [0.1, 0.15) is 12.0 Å². The monoisotopic (exact) mass is 433 g/mol. The molecule has 1 aromatic heterocycles. The number of ether oxygens (including phenoxy) is 2. The molecule has 0 bridgehead atoms. The lowest BCUT2D eigenvalue weighted by Gasteiger charge is -2.24. The van der Waals surface area contributed by atoms with Gasteiger partial charge in [-0.05, 0) is 30.7 Å². The van der Waals surface area contributed by atoms with Crippen LogP contribution in [0.15, 0.2) is 42.5 Å². The van der Waals surface area contributed by atoms with E-state index < -0.39 is 5.82 Å². The molecular formula is C23H20FN5O3. The molecule has 2 aliphatic rings. The zero-order valence-electron chi connectivity index (χ0n) is 17.2. The number of urea groups is 1. The predicted octanol–water partition coefficient (Wildman–Crippen LogP) is 3.72. The molecule has 0 unspecified atom stereocenters. The summed E-state index contributed by atoms with van der Waals surface area (Å²) in [4.78, 5) is 21.1. The number of rotatable bonds is 2. The zero-order valence-corrected chi connectivity index (χ0v) is 17.2. The minimum atomic E-state index is -0.475. The molecule has 3 aromatic rings. The van der Waals surface area contributed by atoms with Crippen LogP contribution in [0.2, 0.25) is 0 Å². The number of aromatic nitrogens is 1. The van der Waals surface area contributed by atoms with Crippen LogP contribution in [0.5, 0.6) is 11.5 Å². The molecule has 8 nitrogen and oxygen atoms in total. The third kappa shape index (κ3) is 3.71. The first kappa shape index (κ1) is 19.9. The minimum Gasteiger partial charge on any atom is -0.454 e. The Hall–Kier alpha value is -4.06. The van der Waals surface area contributed by atoms with Gasteiger partial charge in [-0.1, -0.05) is 12.1 Å². The molecule has 2 aliphatic heterocycles. The number of benzene rings is 2. The van der Waals surface area contributed by atoms with E-state index >= 15 is 0 Å². The molecule has 2 aromatic carbocycles. The van der Waals surface area contributed by atoms with Gasteiger partial charge in [0.1, 0.15) is 17.7 Å². The standard InChI is InChI=1S/C23H20FN5O3/c24-17-4-1-2-5-18(17)27-23(30)29-7-3-6-28(8-9-29)22-16(13-25)10-15-11-20-21(32-14-31-20)12-19(15)26-22/h1-2,4-5,10-12H,3,6-9,14H2,(H,27,30). The van der Waals surface area contributed by atoms with Crippen molar-refractivity contribution in [2.75, 3.05) is 43.2 Å². The molecule has 0 spiro atoms. The number of nitrogens with one attached hydrogen (secondary N) is 1. The lowest BCUT2D eigenvalue weighted by atomic mass is 10.1. The number of para-hydroxylation sites is 1. The molecular weight excluding hydrogens is 413 g/mol. The molecule has 1 N–H and O–H groups in total. The van der Waals surface area contributed by atoms with Crippen LogP contribution in [-0.4, -0.2) is 48.9 Å². The molecule has 0 radical (unpaired) electrons. The summed E-state index contributed by atoms with van der Waals surface area (Å²) in [6, 6.07) is 13.4. The van der Waals surface area contributed by atoms with Crippen molar-refractivity contribution < 1.29 is 18.7 Å². The van der Waals surface area contributed by atoms with Gasteiger partial charge in [-0.15, -0.1) is 0 Å². The van der Waals surface area contributed by atoms with E-state index in [4.69, 9.17) is 14.5 Å². The second-order valence-corrected chi connectivity index (χ2v) is 7.61. The Balaban J connectivity index is 1.36. The maximum Gasteiger partial charge on any atom is 0.321 e. The minimum absolute atomic E-state index is 0.153. The average Bonchev–Trinajstić information content (AvgIpc) is 3.11. The number of anilines is 2. The number of hydrogen-bond donors (Lipinski definition) is 1. The van der Waals surface area contributed by atoms with Crippen molar-refractivity contribution in [3.05, 3.63) is 53.8 Å². The fourth-order valence-corrected chi connectivity index (χ4v) is 3.97. The van der Waals surface area contributed by atoms with E-state index in [1.54, 1.807) is 23.1 Å². The normalized spacial score (nSPS) is 15.4. The summed E-state index contributed by atoms with van der Waals surface area (Å²) < 4.78 is 24.7. The predicted molar refractivity (Wildman–Crippen MR) is 116 cm³/mol. The second-order valence-electron chi connectivity index (χ2n) is 7.61. The summed E-state index contributed by atoms with van der Waals surface area (Å²) in [6.07, 6.45) is 0.691. The lowest BCUT2D eigenvalue weighted by Crippen LogP contribution is -2.38. The Morgan fingerprint density at radius 2 is 1.91 bits per heavy atom. The molecule has 32 heavy (non-hydrogen) atoms. The van der Waals surface area contributed by atoms with Gasteiger partial charge in [0.05, 0.1) is 16.8 Å². The smallest absolute Gasteiger partial charge is 0.321 e. The van der Waals surface area contributed by atoms with Crippen molar-refractivity contribution in [1.29, 1.82) is 5.26 Å². The van der Waals surface area contributed by atoms with E-state index in [0.717, 1.165) is 5.39 Å². The number of fused-ring (bicyclic) bond motifs is 2. The molecule has 1 fully saturated rings. The number of halogens is 1. The number of pyridine rings is 1. The fourth-order valence-electron chi connectivity index (χ4n) is 3.97. The van der Waals surface area contributed by atoms with Gasteiger partial charge in [0.15, 0.2) is 11.5 Å². The molecule has 0 atom stereocenters. The molecule has 5 rings (SSSR count). The first-order valence-electron chi connectivity index (χ1n) is 10.3. The van der Waals surface area contributed by atoms with Crippen LogP contribution in [0, 0.1) is 17.1 Å². The molecule has 0 aliphatic carbocycles. The van der Waals surface area contributed by atoms with E-state index in [1.165, 1.54) is 12.1 Å². The number of nitrogens with zero attached hydrogens (tertiary/aromatic N) is 4. The number of amides is 2. The van der Waals surface area contributed by atoms with Crippen LogP contribution in [0.25, 0.3) is 10.9 Å². The quantitative estimate of drug-likeness (QED) is 0.663. The lowest BCUT2D eigenvalue weighted by molar-refractivity contribution is 0.174. The zero-order chi connectivity index (χ0) is 22.1. The molecule has 3 heterocycles. The maximum absolute atomic E-state index is 13.9. The van der Waals surface area contributed by atoms with E-state index in [1.807, 2.05) is 17.0 Å². The SMILES string of the molecule is N#Cc1cc2cc3c(cc2nc1N1CCCN(C(=O)Nc2ccccc2F)CC1)OCO3. The Labute approximate surface area is 183 Å². The van der Waals surface area contributed by atoms with Gasteiger partial charge in [-0.25, -0.2) is 14.2 Å². The molecule has 162 valence electrons. The molecule has 0 saturated carbocycles. The van der Waals surface area contributed by atoms with Gasteiger partial charge in [-0.3, -0.25) is 0 Å². The van der Waals surface area contributed by atoms with Crippen molar-refractivity contribution in [1.82, 2.24) is 9.88 Å². The molecule has 2 amide bonds. The van der Waals surface area contributed by atoms with Crippen molar-refractivity contribution in [2.24, 2.45) is 0 Å². The summed E-state index contributed by atoms with van der Waals surface area (Å²) in [5.41, 5.74) is 1.32. The second kappa shape index (κ2) is 8.23. The van der Waals surface area contributed by atoms with Crippen LogP contribution >= 0.6 is 0 Å². The van der Waals surface area contributed by atoms with Crippen LogP contribution < -0.4 is 19.7 Å². The Morgan fingerprint density at radius 3 is 2.72 bits per heavy atom. The molecule has 9 heteroatoms. The first-order chi connectivity index (χ1) is 15.6. The topological polar surface area (TPSA) is 90.7 Å². The van der Waals surface area contributed by atoms with Gasteiger partial charge in [0.2, 0.25) is 6.79 Å². The number of carbonyl (C=O) groups is 1. The highest BCUT2D eigenvalue weighted by atomic mass is 19.1. The average molecular weight is 433 g/mol. The van der Waals surface area contributed by atoms with Gasteiger partial charge in [0, 0.05) is 37.6 Å². The third-order valence-electron chi connectivity index (χ3n) is 5.61. The van der Waals surface area contributed by atoms with Crippen molar-refractivity contribution in [3.63, 3.8) is 0 Å². The Morgan fingerprint density at radius 1 is 1.09 bits per heavy atom. The highest BCUT2D eigenvalue weighted by Gasteiger charge is 2.23. The van der Waals surface area contributed by atoms with E-state index in [2.05, 4.69) is 11.4 Å². The summed E-state index contributed by atoms with van der Waals surface area (Å²) in [6.45, 7) is 2.25. The number of carbonyl (C=O) groups excluding carboxylic acids is 1. The first-order valence-corrected chi connectivity index (χ1v) is 10.3. The van der Waals surface area contributed by atoms with E-state index in [0.29, 0.717) is 61.0 Å². The highest BCUT2D eigenvalue weighted by Crippen LogP contribution is 2.37. The van der Waals surface area contributed by atoms with Gasteiger partial charge in [-0.2, -0.15) is 5.26 Å². The summed E-state index contributed by atoms with van der Waals surface area (Å²) >= 11 is 0. The third-order valence-corrected chi connectivity index (χ3v) is 5.61. The van der Waals surface area contributed by atoms with Crippen LogP contribution in [0.3, 0.4) is 0 Å². The summed E-state index contributed by atoms with van der Waals surface area (Å²) in [7, 11) is 0. The van der Waals surface area contributed by atoms with Gasteiger partial charge in [0.25, 0.3) is 0 Å².